The number of nitrogens with zero attached hydrogens (tertiary/aromatic N) is 4. The molecule has 1 saturated heterocycles. The third-order valence-corrected chi connectivity index (χ3v) is 7.50. The zero-order valence-electron chi connectivity index (χ0n) is 16.9. The molecule has 2 aromatic heterocycles. The van der Waals surface area contributed by atoms with Gasteiger partial charge in [0.15, 0.2) is 0 Å². The number of halogens is 1. The van der Waals surface area contributed by atoms with E-state index in [9.17, 15) is 9.59 Å². The van der Waals surface area contributed by atoms with Gasteiger partial charge in [0.2, 0.25) is 0 Å². The molecule has 0 saturated carbocycles. The van der Waals surface area contributed by atoms with Gasteiger partial charge >= 0.3 is 0 Å². The summed E-state index contributed by atoms with van der Waals surface area (Å²) in [6, 6.07) is 7.81. The lowest BCUT2D eigenvalue weighted by Crippen LogP contribution is -2.48. The van der Waals surface area contributed by atoms with Crippen LogP contribution in [0.1, 0.15) is 33.9 Å². The summed E-state index contributed by atoms with van der Waals surface area (Å²) < 4.78 is 1.80. The summed E-state index contributed by atoms with van der Waals surface area (Å²) in [5, 5.41) is 1.33. The van der Waals surface area contributed by atoms with Crippen molar-refractivity contribution < 1.29 is 4.79 Å². The molecule has 0 N–H and O–H groups in total. The van der Waals surface area contributed by atoms with Gasteiger partial charge in [-0.1, -0.05) is 17.7 Å². The highest BCUT2D eigenvalue weighted by Crippen LogP contribution is 2.30. The Morgan fingerprint density at radius 1 is 1.13 bits per heavy atom. The SMILES string of the molecule is Cc1c(C(=O)N2CCN(c3cccc(Cl)c3)CC2)sc2nc3n(c(=O)c12)CCCC3. The quantitative estimate of drug-likeness (QED) is 0.607. The number of piperazine rings is 1. The Kier molecular flexibility index (Phi) is 5.03. The molecule has 30 heavy (non-hydrogen) atoms. The molecule has 0 radical (unpaired) electrons. The summed E-state index contributed by atoms with van der Waals surface area (Å²) in [5.74, 6) is 0.859. The number of aryl methyl sites for hydroxylation is 2. The van der Waals surface area contributed by atoms with E-state index in [0.717, 1.165) is 56.0 Å². The maximum atomic E-state index is 13.3. The fourth-order valence-electron chi connectivity index (χ4n) is 4.42. The monoisotopic (exact) mass is 442 g/mol. The standard InChI is InChI=1S/C22H23ClN4O2S/c1-14-18-20(24-17-7-2-3-8-27(17)21(18)28)30-19(14)22(29)26-11-9-25(10-12-26)16-6-4-5-15(23)13-16/h4-6,13H,2-3,7-12H2,1H3. The molecule has 3 aromatic rings. The van der Waals surface area contributed by atoms with Crippen LogP contribution in [-0.4, -0.2) is 46.5 Å². The zero-order chi connectivity index (χ0) is 20.8. The summed E-state index contributed by atoms with van der Waals surface area (Å²) in [6.45, 7) is 5.40. The number of fused-ring (bicyclic) bond motifs is 2. The third-order valence-electron chi connectivity index (χ3n) is 6.10. The van der Waals surface area contributed by atoms with Crippen molar-refractivity contribution >= 4 is 44.7 Å². The number of hydrogen-bond acceptors (Lipinski definition) is 5. The van der Waals surface area contributed by atoms with Crippen molar-refractivity contribution in [3.05, 3.63) is 55.9 Å². The highest BCUT2D eigenvalue weighted by atomic mass is 35.5. The van der Waals surface area contributed by atoms with Crippen LogP contribution in [0.5, 0.6) is 0 Å². The van der Waals surface area contributed by atoms with Gasteiger partial charge in [-0.05, 0) is 43.5 Å². The minimum Gasteiger partial charge on any atom is -0.368 e. The number of rotatable bonds is 2. The minimum atomic E-state index is 0.00335. The van der Waals surface area contributed by atoms with Gasteiger partial charge in [0.25, 0.3) is 11.5 Å². The first kappa shape index (κ1) is 19.6. The second kappa shape index (κ2) is 7.71. The Balaban J connectivity index is 1.40. The van der Waals surface area contributed by atoms with E-state index in [-0.39, 0.29) is 11.5 Å². The molecule has 1 aromatic carbocycles. The van der Waals surface area contributed by atoms with Crippen molar-refractivity contribution in [3.8, 4) is 0 Å². The molecule has 1 amide bonds. The van der Waals surface area contributed by atoms with Crippen molar-refractivity contribution in [1.29, 1.82) is 0 Å². The summed E-state index contributed by atoms with van der Waals surface area (Å²) in [5.41, 5.74) is 1.86. The molecule has 1 fully saturated rings. The molecule has 0 bridgehead atoms. The van der Waals surface area contributed by atoms with Gasteiger partial charge < -0.3 is 9.80 Å². The van der Waals surface area contributed by atoms with E-state index in [2.05, 4.69) is 4.90 Å². The number of hydrogen-bond donors (Lipinski definition) is 0. The lowest BCUT2D eigenvalue weighted by atomic mass is 10.1. The van der Waals surface area contributed by atoms with Crippen LogP contribution in [0.4, 0.5) is 5.69 Å². The highest BCUT2D eigenvalue weighted by Gasteiger charge is 2.28. The summed E-state index contributed by atoms with van der Waals surface area (Å²) in [6.07, 6.45) is 2.90. The topological polar surface area (TPSA) is 58.4 Å². The van der Waals surface area contributed by atoms with E-state index in [1.54, 1.807) is 4.57 Å². The smallest absolute Gasteiger partial charge is 0.264 e. The number of thiophene rings is 1. The lowest BCUT2D eigenvalue weighted by Gasteiger charge is -2.36. The first-order chi connectivity index (χ1) is 14.5. The van der Waals surface area contributed by atoms with E-state index >= 15 is 0 Å². The van der Waals surface area contributed by atoms with E-state index in [1.807, 2.05) is 36.1 Å². The second-order valence-electron chi connectivity index (χ2n) is 7.94. The Morgan fingerprint density at radius 2 is 1.93 bits per heavy atom. The molecule has 6 nitrogen and oxygen atoms in total. The van der Waals surface area contributed by atoms with Crippen LogP contribution in [0.15, 0.2) is 29.1 Å². The van der Waals surface area contributed by atoms with E-state index in [0.29, 0.717) is 33.2 Å². The summed E-state index contributed by atoms with van der Waals surface area (Å²) >= 11 is 7.48. The van der Waals surface area contributed by atoms with Crippen LogP contribution in [0.2, 0.25) is 5.02 Å². The van der Waals surface area contributed by atoms with Crippen molar-refractivity contribution in [1.82, 2.24) is 14.5 Å². The van der Waals surface area contributed by atoms with Crippen LogP contribution in [0.25, 0.3) is 10.2 Å². The predicted molar refractivity (Wildman–Crippen MR) is 121 cm³/mol. The third kappa shape index (κ3) is 3.30. The number of amides is 1. The van der Waals surface area contributed by atoms with Crippen molar-refractivity contribution in [2.75, 3.05) is 31.1 Å². The Bertz CT molecular complexity index is 1190. The average molecular weight is 443 g/mol. The number of carbonyl (C=O) groups is 1. The van der Waals surface area contributed by atoms with Gasteiger partial charge in [-0.3, -0.25) is 14.2 Å². The molecule has 2 aliphatic heterocycles. The second-order valence-corrected chi connectivity index (χ2v) is 9.37. The highest BCUT2D eigenvalue weighted by molar-refractivity contribution is 7.20. The maximum Gasteiger partial charge on any atom is 0.264 e. The van der Waals surface area contributed by atoms with Crippen molar-refractivity contribution in [3.63, 3.8) is 0 Å². The van der Waals surface area contributed by atoms with Crippen LogP contribution < -0.4 is 10.5 Å². The summed E-state index contributed by atoms with van der Waals surface area (Å²) in [4.78, 5) is 36.5. The van der Waals surface area contributed by atoms with Crippen LogP contribution in [0, 0.1) is 6.92 Å². The van der Waals surface area contributed by atoms with Crippen LogP contribution in [-0.2, 0) is 13.0 Å². The number of benzene rings is 1. The summed E-state index contributed by atoms with van der Waals surface area (Å²) in [7, 11) is 0. The molecule has 156 valence electrons. The lowest BCUT2D eigenvalue weighted by molar-refractivity contribution is 0.0751. The Labute approximate surface area is 183 Å². The van der Waals surface area contributed by atoms with E-state index < -0.39 is 0 Å². The largest absolute Gasteiger partial charge is 0.368 e. The molecule has 0 atom stereocenters. The normalized spacial score (nSPS) is 16.7. The van der Waals surface area contributed by atoms with Crippen molar-refractivity contribution in [2.24, 2.45) is 0 Å². The molecular formula is C22H23ClN4O2S. The van der Waals surface area contributed by atoms with Gasteiger partial charge in [-0.2, -0.15) is 0 Å². The fraction of sp³-hybridized carbons (Fsp3) is 0.409. The molecule has 0 unspecified atom stereocenters. The number of aromatic nitrogens is 2. The zero-order valence-corrected chi connectivity index (χ0v) is 18.4. The molecule has 2 aliphatic rings. The van der Waals surface area contributed by atoms with Crippen molar-refractivity contribution in [2.45, 2.75) is 32.7 Å². The van der Waals surface area contributed by atoms with E-state index in [4.69, 9.17) is 16.6 Å². The van der Waals surface area contributed by atoms with Gasteiger partial charge in [0.05, 0.1) is 10.3 Å². The first-order valence-corrected chi connectivity index (χ1v) is 11.5. The number of carbonyl (C=O) groups excluding carboxylic acids is 1. The maximum absolute atomic E-state index is 13.3. The molecular weight excluding hydrogens is 420 g/mol. The van der Waals surface area contributed by atoms with Crippen LogP contribution >= 0.6 is 22.9 Å². The molecule has 5 rings (SSSR count). The minimum absolute atomic E-state index is 0.00335. The average Bonchev–Trinajstić information content (AvgIpc) is 3.10. The van der Waals surface area contributed by atoms with Gasteiger partial charge in [0, 0.05) is 49.9 Å². The Hall–Kier alpha value is -2.38. The number of anilines is 1. The van der Waals surface area contributed by atoms with Gasteiger partial charge in [0.1, 0.15) is 10.7 Å². The molecule has 0 spiro atoms. The first-order valence-electron chi connectivity index (χ1n) is 10.4. The van der Waals surface area contributed by atoms with Gasteiger partial charge in [-0.15, -0.1) is 11.3 Å². The predicted octanol–water partition coefficient (Wildman–Crippen LogP) is 3.72. The molecule has 8 heteroatoms. The fourth-order valence-corrected chi connectivity index (χ4v) is 5.76. The van der Waals surface area contributed by atoms with Gasteiger partial charge in [-0.25, -0.2) is 4.98 Å². The molecule has 4 heterocycles. The molecule has 0 aliphatic carbocycles. The van der Waals surface area contributed by atoms with Crippen LogP contribution in [0.3, 0.4) is 0 Å². The van der Waals surface area contributed by atoms with E-state index in [1.165, 1.54) is 11.3 Å². The Morgan fingerprint density at radius 3 is 2.70 bits per heavy atom.